The quantitative estimate of drug-likeness (QED) is 0.853. The normalized spacial score (nSPS) is 26.5. The Morgan fingerprint density at radius 2 is 1.63 bits per heavy atom. The minimum Gasteiger partial charge on any atom is -0.329 e. The van der Waals surface area contributed by atoms with Gasteiger partial charge in [-0.3, -0.25) is 9.80 Å². The molecule has 0 amide bonds. The first-order chi connectivity index (χ1) is 8.95. The predicted molar refractivity (Wildman–Crippen MR) is 72.4 cm³/mol. The summed E-state index contributed by atoms with van der Waals surface area (Å²) in [6.45, 7) is 2.23. The van der Waals surface area contributed by atoms with Gasteiger partial charge >= 0.3 is 6.18 Å². The van der Waals surface area contributed by atoms with Crippen molar-refractivity contribution in [2.75, 3.05) is 50.8 Å². The van der Waals surface area contributed by atoms with Gasteiger partial charge in [-0.1, -0.05) is 0 Å². The summed E-state index contributed by atoms with van der Waals surface area (Å²) in [6.07, 6.45) is -1.96. The molecule has 2 aliphatic heterocycles. The van der Waals surface area contributed by atoms with Crippen LogP contribution < -0.4 is 5.73 Å². The van der Waals surface area contributed by atoms with E-state index in [0.717, 1.165) is 24.3 Å². The zero-order valence-corrected chi connectivity index (χ0v) is 11.9. The largest absolute Gasteiger partial charge is 0.401 e. The zero-order valence-electron chi connectivity index (χ0n) is 11.1. The standard InChI is InChI=1S/C12H22F3N3S/c13-12(14,15)10-17-3-5-18(6-4-17)11(9-16)1-7-19-8-2-11/h1-10,16H2. The Kier molecular flexibility index (Phi) is 5.03. The van der Waals surface area contributed by atoms with E-state index in [1.165, 1.54) is 4.90 Å². The molecule has 0 radical (unpaired) electrons. The van der Waals surface area contributed by atoms with Crippen LogP contribution in [-0.2, 0) is 0 Å². The van der Waals surface area contributed by atoms with E-state index in [4.69, 9.17) is 5.73 Å². The average molecular weight is 297 g/mol. The number of halogens is 3. The van der Waals surface area contributed by atoms with E-state index in [0.29, 0.717) is 32.7 Å². The van der Waals surface area contributed by atoms with E-state index in [2.05, 4.69) is 4.90 Å². The van der Waals surface area contributed by atoms with Gasteiger partial charge < -0.3 is 5.73 Å². The highest BCUT2D eigenvalue weighted by Crippen LogP contribution is 2.32. The van der Waals surface area contributed by atoms with Crippen molar-refractivity contribution in [1.29, 1.82) is 0 Å². The van der Waals surface area contributed by atoms with Crippen LogP contribution >= 0.6 is 11.8 Å². The van der Waals surface area contributed by atoms with Crippen molar-refractivity contribution in [2.45, 2.75) is 24.6 Å². The van der Waals surface area contributed by atoms with Crippen molar-refractivity contribution in [3.05, 3.63) is 0 Å². The van der Waals surface area contributed by atoms with Gasteiger partial charge in [-0.25, -0.2) is 0 Å². The zero-order chi connectivity index (χ0) is 13.9. The van der Waals surface area contributed by atoms with Gasteiger partial charge in [0.2, 0.25) is 0 Å². The van der Waals surface area contributed by atoms with Crippen LogP contribution in [0.3, 0.4) is 0 Å². The lowest BCUT2D eigenvalue weighted by Crippen LogP contribution is -2.62. The van der Waals surface area contributed by atoms with E-state index < -0.39 is 12.7 Å². The van der Waals surface area contributed by atoms with Crippen LogP contribution in [0.4, 0.5) is 13.2 Å². The molecule has 2 fully saturated rings. The summed E-state index contributed by atoms with van der Waals surface area (Å²) in [4.78, 5) is 3.83. The van der Waals surface area contributed by atoms with Gasteiger partial charge in [0.1, 0.15) is 0 Å². The van der Waals surface area contributed by atoms with Crippen molar-refractivity contribution in [3.63, 3.8) is 0 Å². The summed E-state index contributed by atoms with van der Waals surface area (Å²) < 4.78 is 37.1. The smallest absolute Gasteiger partial charge is 0.329 e. The molecule has 0 aromatic heterocycles. The molecule has 2 heterocycles. The summed E-state index contributed by atoms with van der Waals surface area (Å²) in [7, 11) is 0. The lowest BCUT2D eigenvalue weighted by atomic mass is 9.89. The average Bonchev–Trinajstić information content (AvgIpc) is 2.38. The predicted octanol–water partition coefficient (Wildman–Crippen LogP) is 1.39. The molecule has 0 atom stereocenters. The maximum atomic E-state index is 12.4. The number of hydrogen-bond acceptors (Lipinski definition) is 4. The fourth-order valence-corrected chi connectivity index (χ4v) is 4.29. The highest BCUT2D eigenvalue weighted by molar-refractivity contribution is 7.99. The van der Waals surface area contributed by atoms with E-state index in [1.54, 1.807) is 0 Å². The Balaban J connectivity index is 1.88. The number of thioether (sulfide) groups is 1. The lowest BCUT2D eigenvalue weighted by molar-refractivity contribution is -0.151. The summed E-state index contributed by atoms with van der Waals surface area (Å²) in [6, 6.07) is 0. The fraction of sp³-hybridized carbons (Fsp3) is 1.00. The summed E-state index contributed by atoms with van der Waals surface area (Å²) in [5.74, 6) is 2.22. The highest BCUT2D eigenvalue weighted by Gasteiger charge is 2.39. The Morgan fingerprint density at radius 3 is 2.11 bits per heavy atom. The minimum atomic E-state index is -4.09. The molecule has 2 rings (SSSR count). The van der Waals surface area contributed by atoms with Crippen molar-refractivity contribution in [2.24, 2.45) is 5.73 Å². The number of nitrogens with two attached hydrogens (primary N) is 1. The van der Waals surface area contributed by atoms with E-state index in [1.807, 2.05) is 11.8 Å². The van der Waals surface area contributed by atoms with E-state index in [9.17, 15) is 13.2 Å². The molecular formula is C12H22F3N3S. The van der Waals surface area contributed by atoms with Crippen LogP contribution in [0.2, 0.25) is 0 Å². The fourth-order valence-electron chi connectivity index (χ4n) is 3.03. The van der Waals surface area contributed by atoms with Crippen molar-refractivity contribution >= 4 is 11.8 Å². The van der Waals surface area contributed by atoms with Crippen LogP contribution in [0.15, 0.2) is 0 Å². The van der Waals surface area contributed by atoms with Crippen LogP contribution in [0.25, 0.3) is 0 Å². The third kappa shape index (κ3) is 4.00. The molecule has 0 aromatic rings. The van der Waals surface area contributed by atoms with Crippen LogP contribution in [0, 0.1) is 0 Å². The molecule has 112 valence electrons. The number of piperazine rings is 1. The topological polar surface area (TPSA) is 32.5 Å². The molecule has 0 aromatic carbocycles. The molecule has 2 N–H and O–H groups in total. The first kappa shape index (κ1) is 15.4. The lowest BCUT2D eigenvalue weighted by Gasteiger charge is -2.49. The second kappa shape index (κ2) is 6.20. The molecule has 0 unspecified atom stereocenters. The van der Waals surface area contributed by atoms with Gasteiger partial charge in [0.05, 0.1) is 6.54 Å². The SMILES string of the molecule is NCC1(N2CCN(CC(F)(F)F)CC2)CCSCC1. The first-order valence-electron chi connectivity index (χ1n) is 6.77. The maximum absolute atomic E-state index is 12.4. The Hall–Kier alpha value is 0.0200. The number of nitrogens with zero attached hydrogens (tertiary/aromatic N) is 2. The molecule has 0 bridgehead atoms. The minimum absolute atomic E-state index is 0.0373. The van der Waals surface area contributed by atoms with Crippen molar-refractivity contribution in [1.82, 2.24) is 9.80 Å². The summed E-state index contributed by atoms with van der Waals surface area (Å²) in [5, 5.41) is 0. The molecule has 0 saturated carbocycles. The third-order valence-electron chi connectivity index (χ3n) is 4.25. The summed E-state index contributed by atoms with van der Waals surface area (Å²) >= 11 is 1.94. The molecule has 7 heteroatoms. The molecule has 19 heavy (non-hydrogen) atoms. The molecule has 2 aliphatic rings. The number of rotatable bonds is 3. The van der Waals surface area contributed by atoms with Gasteiger partial charge in [0, 0.05) is 38.3 Å². The number of alkyl halides is 3. The van der Waals surface area contributed by atoms with Gasteiger partial charge in [-0.2, -0.15) is 24.9 Å². The molecule has 2 saturated heterocycles. The van der Waals surface area contributed by atoms with Gasteiger partial charge in [0.15, 0.2) is 0 Å². The van der Waals surface area contributed by atoms with Crippen LogP contribution in [-0.4, -0.2) is 72.3 Å². The maximum Gasteiger partial charge on any atom is 0.401 e. The second-order valence-corrected chi connectivity index (χ2v) is 6.64. The molecule has 3 nitrogen and oxygen atoms in total. The van der Waals surface area contributed by atoms with E-state index in [-0.39, 0.29) is 5.54 Å². The van der Waals surface area contributed by atoms with Crippen LogP contribution in [0.1, 0.15) is 12.8 Å². The highest BCUT2D eigenvalue weighted by atomic mass is 32.2. The number of hydrogen-bond donors (Lipinski definition) is 1. The molecule has 0 spiro atoms. The monoisotopic (exact) mass is 297 g/mol. The molecular weight excluding hydrogens is 275 g/mol. The van der Waals surface area contributed by atoms with Crippen molar-refractivity contribution < 1.29 is 13.2 Å². The third-order valence-corrected chi connectivity index (χ3v) is 5.24. The summed E-state index contributed by atoms with van der Waals surface area (Å²) in [5.41, 5.74) is 6.00. The van der Waals surface area contributed by atoms with Crippen molar-refractivity contribution in [3.8, 4) is 0 Å². The Morgan fingerprint density at radius 1 is 1.05 bits per heavy atom. The molecule has 0 aliphatic carbocycles. The van der Waals surface area contributed by atoms with Gasteiger partial charge in [-0.05, 0) is 24.3 Å². The first-order valence-corrected chi connectivity index (χ1v) is 7.93. The van der Waals surface area contributed by atoms with E-state index >= 15 is 0 Å². The van der Waals surface area contributed by atoms with Gasteiger partial charge in [0.25, 0.3) is 0 Å². The second-order valence-electron chi connectivity index (χ2n) is 5.42. The van der Waals surface area contributed by atoms with Gasteiger partial charge in [-0.15, -0.1) is 0 Å². The van der Waals surface area contributed by atoms with Crippen LogP contribution in [0.5, 0.6) is 0 Å². The Bertz CT molecular complexity index is 284. The Labute approximate surface area is 116 Å².